The van der Waals surface area contributed by atoms with E-state index in [1.165, 1.54) is 82.9 Å². The third-order valence-electron chi connectivity index (χ3n) is 9.73. The predicted molar refractivity (Wildman–Crippen MR) is 98.3 cm³/mol. The minimum absolute atomic E-state index is 0.440. The van der Waals surface area contributed by atoms with Gasteiger partial charge in [-0.1, -0.05) is 0 Å². The van der Waals surface area contributed by atoms with Gasteiger partial charge < -0.3 is 4.98 Å². The lowest BCUT2D eigenvalue weighted by molar-refractivity contribution is -0.0119. The fraction of sp³-hybridized carbons (Fsp3) is 0.870. The average Bonchev–Trinajstić information content (AvgIpc) is 3.04. The van der Waals surface area contributed by atoms with Crippen molar-refractivity contribution in [2.75, 3.05) is 0 Å². The summed E-state index contributed by atoms with van der Waals surface area (Å²) >= 11 is 0. The van der Waals surface area contributed by atoms with Crippen molar-refractivity contribution in [1.29, 1.82) is 0 Å². The maximum Gasteiger partial charge on any atom is 0.112 e. The molecule has 0 aliphatic heterocycles. The molecule has 8 aliphatic rings. The molecule has 8 fully saturated rings. The molecule has 0 spiro atoms. The Labute approximate surface area is 151 Å². The van der Waals surface area contributed by atoms with E-state index in [1.54, 1.807) is 5.69 Å². The fourth-order valence-electron chi connectivity index (χ4n) is 9.70. The molecule has 1 aromatic heterocycles. The summed E-state index contributed by atoms with van der Waals surface area (Å²) in [7, 11) is 0. The van der Waals surface area contributed by atoms with Crippen LogP contribution in [-0.4, -0.2) is 9.97 Å². The summed E-state index contributed by atoms with van der Waals surface area (Å²) in [5.74, 6) is 7.53. The number of H-pyrrole nitrogens is 1. The first-order valence-corrected chi connectivity index (χ1v) is 11.2. The molecule has 1 N–H and O–H groups in total. The Bertz CT molecular complexity index is 584. The van der Waals surface area contributed by atoms with Gasteiger partial charge in [0.25, 0.3) is 0 Å². The molecule has 8 aliphatic carbocycles. The number of aromatic nitrogens is 2. The van der Waals surface area contributed by atoms with Crippen LogP contribution in [0.3, 0.4) is 0 Å². The summed E-state index contributed by atoms with van der Waals surface area (Å²) in [6, 6.07) is 0. The van der Waals surface area contributed by atoms with E-state index in [2.05, 4.69) is 11.2 Å². The standard InChI is InChI=1S/C23H32N2/c1-14-2-16-3-15(1)8-22(7-14,9-16)20-13-24-21(25-20)23-10-17-4-18(11-23)6-19(5-17)12-23/h13-19H,1-12H2,(H,24,25). The van der Waals surface area contributed by atoms with Gasteiger partial charge in [0.2, 0.25) is 0 Å². The predicted octanol–water partition coefficient (Wildman–Crippen LogP) is 5.35. The van der Waals surface area contributed by atoms with Crippen LogP contribution in [0.25, 0.3) is 0 Å². The second-order valence-electron chi connectivity index (χ2n) is 11.5. The molecule has 0 unspecified atom stereocenters. The van der Waals surface area contributed by atoms with Gasteiger partial charge in [0.05, 0.1) is 0 Å². The normalized spacial score (nSPS) is 55.2. The van der Waals surface area contributed by atoms with E-state index in [0.717, 1.165) is 35.5 Å². The Balaban J connectivity index is 1.25. The van der Waals surface area contributed by atoms with Gasteiger partial charge in [-0.15, -0.1) is 0 Å². The zero-order valence-electron chi connectivity index (χ0n) is 15.5. The Morgan fingerprint density at radius 2 is 1.04 bits per heavy atom. The number of nitrogens with one attached hydrogen (secondary N) is 1. The molecule has 0 atom stereocenters. The quantitative estimate of drug-likeness (QED) is 0.775. The van der Waals surface area contributed by atoms with Crippen LogP contribution in [-0.2, 0) is 10.8 Å². The van der Waals surface area contributed by atoms with Crippen LogP contribution in [0.15, 0.2) is 6.20 Å². The zero-order chi connectivity index (χ0) is 16.2. The lowest BCUT2D eigenvalue weighted by Crippen LogP contribution is -2.50. The van der Waals surface area contributed by atoms with Gasteiger partial charge in [0.1, 0.15) is 5.82 Å². The van der Waals surface area contributed by atoms with E-state index >= 15 is 0 Å². The topological polar surface area (TPSA) is 28.7 Å². The van der Waals surface area contributed by atoms with Gasteiger partial charge in [-0.05, 0) is 113 Å². The van der Waals surface area contributed by atoms with Gasteiger partial charge in [-0.2, -0.15) is 0 Å². The highest BCUT2D eigenvalue weighted by molar-refractivity contribution is 5.26. The maximum absolute atomic E-state index is 5.11. The summed E-state index contributed by atoms with van der Waals surface area (Å²) in [6.45, 7) is 0. The van der Waals surface area contributed by atoms with Crippen molar-refractivity contribution in [1.82, 2.24) is 9.97 Å². The van der Waals surface area contributed by atoms with Gasteiger partial charge in [-0.3, -0.25) is 0 Å². The summed E-state index contributed by atoms with van der Waals surface area (Å²) in [5.41, 5.74) is 2.48. The summed E-state index contributed by atoms with van der Waals surface area (Å²) in [6.07, 6.45) is 20.2. The third-order valence-corrected chi connectivity index (χ3v) is 9.73. The molecule has 2 heteroatoms. The van der Waals surface area contributed by atoms with E-state index in [-0.39, 0.29) is 0 Å². The van der Waals surface area contributed by atoms with E-state index in [4.69, 9.17) is 4.98 Å². The molecule has 1 heterocycles. The monoisotopic (exact) mass is 336 g/mol. The molecule has 8 bridgehead atoms. The van der Waals surface area contributed by atoms with Gasteiger partial charge >= 0.3 is 0 Å². The second-order valence-corrected chi connectivity index (χ2v) is 11.5. The van der Waals surface area contributed by atoms with E-state index in [9.17, 15) is 0 Å². The molecule has 134 valence electrons. The van der Waals surface area contributed by atoms with Gasteiger partial charge in [0, 0.05) is 22.7 Å². The van der Waals surface area contributed by atoms with Crippen molar-refractivity contribution in [3.05, 3.63) is 17.7 Å². The Hall–Kier alpha value is -0.790. The minimum Gasteiger partial charge on any atom is -0.345 e. The number of nitrogens with zero attached hydrogens (tertiary/aromatic N) is 1. The minimum atomic E-state index is 0.440. The Morgan fingerprint density at radius 3 is 1.48 bits per heavy atom. The van der Waals surface area contributed by atoms with Crippen molar-refractivity contribution < 1.29 is 0 Å². The molecular weight excluding hydrogens is 304 g/mol. The number of aromatic amines is 1. The van der Waals surface area contributed by atoms with Crippen LogP contribution in [0, 0.1) is 35.5 Å². The lowest BCUT2D eigenvalue weighted by Gasteiger charge is -2.57. The van der Waals surface area contributed by atoms with Crippen LogP contribution in [0.2, 0.25) is 0 Å². The van der Waals surface area contributed by atoms with Gasteiger partial charge in [0.15, 0.2) is 0 Å². The van der Waals surface area contributed by atoms with Crippen LogP contribution in [0.5, 0.6) is 0 Å². The molecule has 0 saturated heterocycles. The van der Waals surface area contributed by atoms with Crippen molar-refractivity contribution in [2.45, 2.75) is 87.9 Å². The highest BCUT2D eigenvalue weighted by Gasteiger charge is 2.55. The first-order chi connectivity index (χ1) is 12.2. The average molecular weight is 337 g/mol. The third kappa shape index (κ3) is 1.90. The van der Waals surface area contributed by atoms with Crippen LogP contribution < -0.4 is 0 Å². The SMILES string of the molecule is c1nc(C23CC4CC(CC(C4)C2)C3)[nH]c1C12CC3CC(CC(C3)C1)C2. The largest absolute Gasteiger partial charge is 0.345 e. The number of rotatable bonds is 2. The summed E-state index contributed by atoms with van der Waals surface area (Å²) in [5, 5.41) is 0. The molecular formula is C23H32N2. The van der Waals surface area contributed by atoms with E-state index in [0.29, 0.717) is 10.8 Å². The highest BCUT2D eigenvalue weighted by atomic mass is 15.0. The second kappa shape index (κ2) is 4.54. The zero-order valence-corrected chi connectivity index (χ0v) is 15.5. The number of imidazole rings is 1. The van der Waals surface area contributed by atoms with Crippen molar-refractivity contribution in [2.24, 2.45) is 35.5 Å². The van der Waals surface area contributed by atoms with Crippen LogP contribution in [0.4, 0.5) is 0 Å². The van der Waals surface area contributed by atoms with E-state index in [1.807, 2.05) is 0 Å². The van der Waals surface area contributed by atoms with Crippen LogP contribution >= 0.6 is 0 Å². The molecule has 0 amide bonds. The van der Waals surface area contributed by atoms with Crippen LogP contribution in [0.1, 0.15) is 88.6 Å². The maximum atomic E-state index is 5.11. The van der Waals surface area contributed by atoms with Crippen molar-refractivity contribution in [3.63, 3.8) is 0 Å². The molecule has 9 rings (SSSR count). The molecule has 2 nitrogen and oxygen atoms in total. The number of hydrogen-bond donors (Lipinski definition) is 1. The molecule has 0 aromatic carbocycles. The summed E-state index contributed by atoms with van der Waals surface area (Å²) in [4.78, 5) is 9.12. The fourth-order valence-corrected chi connectivity index (χ4v) is 9.70. The summed E-state index contributed by atoms with van der Waals surface area (Å²) < 4.78 is 0. The van der Waals surface area contributed by atoms with Crippen molar-refractivity contribution in [3.8, 4) is 0 Å². The highest BCUT2D eigenvalue weighted by Crippen LogP contribution is 2.62. The molecule has 8 saturated carbocycles. The lowest BCUT2D eigenvalue weighted by atomic mass is 9.48. The Kier molecular flexibility index (Phi) is 2.60. The molecule has 1 aromatic rings. The smallest absolute Gasteiger partial charge is 0.112 e. The van der Waals surface area contributed by atoms with Crippen molar-refractivity contribution >= 4 is 0 Å². The molecule has 0 radical (unpaired) electrons. The first kappa shape index (κ1) is 14.3. The number of hydrogen-bond acceptors (Lipinski definition) is 1. The molecule has 25 heavy (non-hydrogen) atoms. The van der Waals surface area contributed by atoms with E-state index < -0.39 is 0 Å². The first-order valence-electron chi connectivity index (χ1n) is 11.2. The van der Waals surface area contributed by atoms with Gasteiger partial charge in [-0.25, -0.2) is 4.98 Å². The Morgan fingerprint density at radius 1 is 0.640 bits per heavy atom.